The summed E-state index contributed by atoms with van der Waals surface area (Å²) >= 11 is 6.29. The highest BCUT2D eigenvalue weighted by Crippen LogP contribution is 2.39. The monoisotopic (exact) mass is 450 g/mol. The zero-order chi connectivity index (χ0) is 21.9. The molecule has 166 valence electrons. The lowest BCUT2D eigenvalue weighted by molar-refractivity contribution is -0.186. The number of hydroxylamine groups is 2. The lowest BCUT2D eigenvalue weighted by Gasteiger charge is -2.20. The molecule has 4 aromatic rings. The Bertz CT molecular complexity index is 1170. The fourth-order valence-electron chi connectivity index (χ4n) is 4.58. The van der Waals surface area contributed by atoms with E-state index < -0.39 is 0 Å². The minimum Gasteiger partial charge on any atom is -0.476 e. The molecule has 2 aromatic heterocycles. The van der Waals surface area contributed by atoms with Crippen LogP contribution >= 0.6 is 11.6 Å². The van der Waals surface area contributed by atoms with Crippen molar-refractivity contribution >= 4 is 22.5 Å². The Hall–Kier alpha value is -2.80. The Morgan fingerprint density at radius 3 is 2.84 bits per heavy atom. The Labute approximate surface area is 192 Å². The average Bonchev–Trinajstić information content (AvgIpc) is 3.39. The zero-order valence-corrected chi connectivity index (χ0v) is 18.9. The summed E-state index contributed by atoms with van der Waals surface area (Å²) in [4.78, 5) is 13.1. The first-order valence-electron chi connectivity index (χ1n) is 11.0. The van der Waals surface area contributed by atoms with Crippen molar-refractivity contribution in [3.05, 3.63) is 83.0 Å². The molecule has 0 aliphatic heterocycles. The van der Waals surface area contributed by atoms with Gasteiger partial charge in [-0.25, -0.2) is 4.98 Å². The molecule has 0 radical (unpaired) electrons. The second kappa shape index (κ2) is 9.36. The van der Waals surface area contributed by atoms with Gasteiger partial charge in [0, 0.05) is 39.9 Å². The van der Waals surface area contributed by atoms with Gasteiger partial charge in [0.25, 0.3) is 0 Å². The van der Waals surface area contributed by atoms with Crippen molar-refractivity contribution in [3.8, 4) is 5.75 Å². The average molecular weight is 451 g/mol. The van der Waals surface area contributed by atoms with E-state index in [1.165, 1.54) is 40.6 Å². The molecule has 2 heterocycles. The van der Waals surface area contributed by atoms with Crippen LogP contribution in [-0.2, 0) is 17.9 Å². The molecule has 1 unspecified atom stereocenters. The van der Waals surface area contributed by atoms with Crippen molar-refractivity contribution in [2.75, 3.05) is 13.8 Å². The Morgan fingerprint density at radius 2 is 2.06 bits per heavy atom. The molecule has 5 rings (SSSR count). The van der Waals surface area contributed by atoms with Gasteiger partial charge in [-0.15, -0.1) is 5.06 Å². The van der Waals surface area contributed by atoms with Gasteiger partial charge in [-0.3, -0.25) is 4.84 Å². The molecule has 1 atom stereocenters. The van der Waals surface area contributed by atoms with E-state index in [1.54, 1.807) is 24.7 Å². The zero-order valence-electron chi connectivity index (χ0n) is 18.1. The number of aromatic amines is 1. The number of fused-ring (bicyclic) bond motifs is 3. The predicted molar refractivity (Wildman–Crippen MR) is 126 cm³/mol. The minimum atomic E-state index is 0.324. The van der Waals surface area contributed by atoms with Crippen LogP contribution in [0.1, 0.15) is 42.0 Å². The number of hydrogen-bond donors (Lipinski definition) is 1. The van der Waals surface area contributed by atoms with Crippen LogP contribution in [-0.4, -0.2) is 33.4 Å². The molecular formula is C25H27ClN4O2. The van der Waals surface area contributed by atoms with Gasteiger partial charge in [0.05, 0.1) is 13.4 Å². The molecule has 32 heavy (non-hydrogen) atoms. The number of ether oxygens (including phenoxy) is 1. The Morgan fingerprint density at radius 1 is 1.19 bits per heavy atom. The van der Waals surface area contributed by atoms with E-state index >= 15 is 0 Å². The number of hydrogen-bond acceptors (Lipinski definition) is 4. The van der Waals surface area contributed by atoms with Crippen LogP contribution in [0, 0.1) is 0 Å². The maximum atomic E-state index is 6.29. The van der Waals surface area contributed by atoms with Crippen LogP contribution in [0.4, 0.5) is 0 Å². The van der Waals surface area contributed by atoms with Gasteiger partial charge >= 0.3 is 0 Å². The van der Waals surface area contributed by atoms with Crippen molar-refractivity contribution in [1.82, 2.24) is 19.6 Å². The van der Waals surface area contributed by atoms with Gasteiger partial charge in [0.15, 0.2) is 6.73 Å². The topological polar surface area (TPSA) is 55.3 Å². The van der Waals surface area contributed by atoms with E-state index in [1.807, 2.05) is 29.0 Å². The summed E-state index contributed by atoms with van der Waals surface area (Å²) in [6, 6.07) is 14.6. The standard InChI is InChI=1S/C25H27ClN4O2/c1-31-30(16-29-13-12-27-15-29)17-32-20-9-6-18(7-10-20)21-4-2-3-5-22-23-14-19(26)8-11-24(23)28-25(21)22/h6-15,21,28H,2-5,16-17H2,1H3. The number of imidazole rings is 1. The quantitative estimate of drug-likeness (QED) is 0.222. The second-order valence-electron chi connectivity index (χ2n) is 8.23. The summed E-state index contributed by atoms with van der Waals surface area (Å²) < 4.78 is 7.87. The maximum Gasteiger partial charge on any atom is 0.166 e. The normalized spacial score (nSPS) is 16.3. The predicted octanol–water partition coefficient (Wildman–Crippen LogP) is 5.73. The van der Waals surface area contributed by atoms with Crippen molar-refractivity contribution in [2.24, 2.45) is 0 Å². The second-order valence-corrected chi connectivity index (χ2v) is 8.67. The van der Waals surface area contributed by atoms with Gasteiger partial charge < -0.3 is 14.3 Å². The molecule has 6 nitrogen and oxygen atoms in total. The van der Waals surface area contributed by atoms with Crippen LogP contribution < -0.4 is 4.74 Å². The number of aromatic nitrogens is 3. The van der Waals surface area contributed by atoms with Gasteiger partial charge in [0.2, 0.25) is 0 Å². The first kappa shape index (κ1) is 21.1. The molecule has 0 saturated heterocycles. The lowest BCUT2D eigenvalue weighted by atomic mass is 9.91. The molecule has 1 aliphatic carbocycles. The van der Waals surface area contributed by atoms with Gasteiger partial charge in [-0.05, 0) is 60.7 Å². The van der Waals surface area contributed by atoms with E-state index in [0.29, 0.717) is 19.3 Å². The van der Waals surface area contributed by atoms with E-state index in [9.17, 15) is 0 Å². The lowest BCUT2D eigenvalue weighted by Crippen LogP contribution is -2.29. The SMILES string of the molecule is CON(COc1ccc(C2CCCCc3c2[nH]c2ccc(Cl)cc32)cc1)Cn1ccnc1. The Kier molecular flexibility index (Phi) is 6.17. The summed E-state index contributed by atoms with van der Waals surface area (Å²) in [5, 5.41) is 3.78. The van der Waals surface area contributed by atoms with Crippen LogP contribution in [0.25, 0.3) is 10.9 Å². The highest BCUT2D eigenvalue weighted by atomic mass is 35.5. The number of nitrogens with one attached hydrogen (secondary N) is 1. The van der Waals surface area contributed by atoms with Crippen LogP contribution in [0.15, 0.2) is 61.2 Å². The van der Waals surface area contributed by atoms with Crippen LogP contribution in [0.2, 0.25) is 5.02 Å². The number of benzene rings is 2. The first-order chi connectivity index (χ1) is 15.7. The van der Waals surface area contributed by atoms with E-state index in [-0.39, 0.29) is 0 Å². The molecule has 0 spiro atoms. The molecule has 0 saturated carbocycles. The maximum absolute atomic E-state index is 6.29. The van der Waals surface area contributed by atoms with E-state index in [4.69, 9.17) is 21.2 Å². The van der Waals surface area contributed by atoms with Crippen molar-refractivity contribution < 1.29 is 9.57 Å². The summed E-state index contributed by atoms with van der Waals surface area (Å²) in [5.41, 5.74) is 5.23. The number of nitrogens with zero attached hydrogens (tertiary/aromatic N) is 3. The van der Waals surface area contributed by atoms with Gasteiger partial charge in [0.1, 0.15) is 12.4 Å². The van der Waals surface area contributed by atoms with Crippen LogP contribution in [0.3, 0.4) is 0 Å². The number of rotatable bonds is 7. The number of aryl methyl sites for hydroxylation is 1. The molecule has 2 aromatic carbocycles. The van der Waals surface area contributed by atoms with Gasteiger partial charge in [-0.2, -0.15) is 0 Å². The molecular weight excluding hydrogens is 424 g/mol. The molecule has 0 amide bonds. The smallest absolute Gasteiger partial charge is 0.166 e. The van der Waals surface area contributed by atoms with E-state index in [0.717, 1.165) is 23.6 Å². The number of halogens is 1. The third-order valence-electron chi connectivity index (χ3n) is 6.22. The summed E-state index contributed by atoms with van der Waals surface area (Å²) in [6.45, 7) is 0.869. The number of H-pyrrole nitrogens is 1. The minimum absolute atomic E-state index is 0.324. The third kappa shape index (κ3) is 4.39. The summed E-state index contributed by atoms with van der Waals surface area (Å²) in [5.74, 6) is 1.17. The van der Waals surface area contributed by atoms with E-state index in [2.05, 4.69) is 34.2 Å². The molecule has 1 aliphatic rings. The molecule has 1 N–H and O–H groups in total. The first-order valence-corrected chi connectivity index (χ1v) is 11.4. The van der Waals surface area contributed by atoms with Crippen molar-refractivity contribution in [2.45, 2.75) is 38.3 Å². The highest BCUT2D eigenvalue weighted by molar-refractivity contribution is 6.31. The largest absolute Gasteiger partial charge is 0.476 e. The Balaban J connectivity index is 1.32. The van der Waals surface area contributed by atoms with Gasteiger partial charge in [-0.1, -0.05) is 30.2 Å². The summed E-state index contributed by atoms with van der Waals surface area (Å²) in [7, 11) is 1.64. The third-order valence-corrected chi connectivity index (χ3v) is 6.45. The van der Waals surface area contributed by atoms with Crippen molar-refractivity contribution in [1.29, 1.82) is 0 Å². The van der Waals surface area contributed by atoms with Crippen molar-refractivity contribution in [3.63, 3.8) is 0 Å². The van der Waals surface area contributed by atoms with Crippen LogP contribution in [0.5, 0.6) is 5.75 Å². The summed E-state index contributed by atoms with van der Waals surface area (Å²) in [6.07, 6.45) is 10.0. The molecule has 0 fully saturated rings. The molecule has 0 bridgehead atoms. The fourth-order valence-corrected chi connectivity index (χ4v) is 4.75. The molecule has 7 heteroatoms. The highest BCUT2D eigenvalue weighted by Gasteiger charge is 2.24. The fraction of sp³-hybridized carbons (Fsp3) is 0.320.